The van der Waals surface area contributed by atoms with Crippen LogP contribution in [0, 0.1) is 0 Å². The number of hydrogen-bond donors (Lipinski definition) is 2. The number of hydrogen-bond acceptors (Lipinski definition) is 4. The third kappa shape index (κ3) is 21.0. The van der Waals surface area contributed by atoms with Gasteiger partial charge >= 0.3 is 43.7 Å². The van der Waals surface area contributed by atoms with E-state index in [1.807, 2.05) is 0 Å². The molecule has 0 aliphatic heterocycles. The predicted molar refractivity (Wildman–Crippen MR) is 112 cm³/mol. The molecule has 0 aromatic heterocycles. The van der Waals surface area contributed by atoms with Gasteiger partial charge in [-0.2, -0.15) is 0 Å². The Kier molecular flexibility index (Phi) is 26.3. The van der Waals surface area contributed by atoms with Crippen LogP contribution in [0.15, 0.2) is 0 Å². The number of aliphatic hydroxyl groups is 2. The monoisotopic (exact) mass is 400 g/mol. The molecule has 0 saturated carbocycles. The van der Waals surface area contributed by atoms with Crippen LogP contribution in [0.4, 0.5) is 0 Å². The molecule has 0 saturated heterocycles. The summed E-state index contributed by atoms with van der Waals surface area (Å²) in [4.78, 5) is 11.5. The molecular formula is C21H44CaO4. The van der Waals surface area contributed by atoms with E-state index in [2.05, 4.69) is 6.92 Å². The minimum Gasteiger partial charge on any atom is -1.00 e. The zero-order valence-corrected chi connectivity index (χ0v) is 19.4. The van der Waals surface area contributed by atoms with Gasteiger partial charge in [-0.15, -0.1) is 0 Å². The summed E-state index contributed by atoms with van der Waals surface area (Å²) in [6, 6.07) is 0. The Morgan fingerprint density at radius 3 is 1.42 bits per heavy atom. The summed E-state index contributed by atoms with van der Waals surface area (Å²) in [5.74, 6) is -0.317. The molecular weight excluding hydrogens is 356 g/mol. The number of aliphatic hydroxyl groups excluding tert-OH is 2. The van der Waals surface area contributed by atoms with Crippen LogP contribution in [0.2, 0.25) is 0 Å². The van der Waals surface area contributed by atoms with Gasteiger partial charge in [0.25, 0.3) is 0 Å². The van der Waals surface area contributed by atoms with Gasteiger partial charge in [-0.1, -0.05) is 96.8 Å². The van der Waals surface area contributed by atoms with Crippen LogP contribution in [-0.2, 0) is 9.53 Å². The zero-order chi connectivity index (χ0) is 18.6. The Morgan fingerprint density at radius 1 is 0.731 bits per heavy atom. The van der Waals surface area contributed by atoms with Gasteiger partial charge in [-0.25, -0.2) is 0 Å². The van der Waals surface area contributed by atoms with Crippen molar-refractivity contribution in [2.45, 2.75) is 116 Å². The van der Waals surface area contributed by atoms with E-state index in [4.69, 9.17) is 14.9 Å². The van der Waals surface area contributed by atoms with E-state index in [0.29, 0.717) is 6.42 Å². The van der Waals surface area contributed by atoms with Crippen molar-refractivity contribution in [1.82, 2.24) is 0 Å². The number of rotatable bonds is 19. The largest absolute Gasteiger partial charge is 2.00 e. The van der Waals surface area contributed by atoms with Crippen LogP contribution in [0.5, 0.6) is 0 Å². The summed E-state index contributed by atoms with van der Waals surface area (Å²) in [7, 11) is 0. The molecule has 154 valence electrons. The summed E-state index contributed by atoms with van der Waals surface area (Å²) >= 11 is 0. The van der Waals surface area contributed by atoms with Crippen LogP contribution in [-0.4, -0.2) is 73.2 Å². The van der Waals surface area contributed by atoms with Gasteiger partial charge in [0.2, 0.25) is 0 Å². The molecule has 0 radical (unpaired) electrons. The summed E-state index contributed by atoms with van der Waals surface area (Å²) < 4.78 is 4.93. The maximum absolute atomic E-state index is 11.5. The standard InChI is InChI=1S/C21H42O4.Ca.2H/c1-2-3-4-5-6-7-8-9-10-11-12-13-14-15-16-17-21(24)25-20(18-22)19-23;;;/h20,22-23H,2-19H2,1H3;;;/q;+2;2*-1. The van der Waals surface area contributed by atoms with Gasteiger partial charge in [0.15, 0.2) is 0 Å². The Bertz CT molecular complexity index is 294. The summed E-state index contributed by atoms with van der Waals surface area (Å²) in [6.07, 6.45) is 19.1. The summed E-state index contributed by atoms with van der Waals surface area (Å²) in [6.45, 7) is 1.63. The molecule has 0 amide bonds. The fourth-order valence-corrected chi connectivity index (χ4v) is 3.02. The van der Waals surface area contributed by atoms with Crippen LogP contribution in [0.3, 0.4) is 0 Å². The van der Waals surface area contributed by atoms with Crippen LogP contribution in [0.1, 0.15) is 113 Å². The van der Waals surface area contributed by atoms with Crippen molar-refractivity contribution < 1.29 is 22.6 Å². The Labute approximate surface area is 194 Å². The quantitative estimate of drug-likeness (QED) is 0.182. The van der Waals surface area contributed by atoms with Crippen LogP contribution < -0.4 is 0 Å². The van der Waals surface area contributed by atoms with Gasteiger partial charge in [0.05, 0.1) is 13.2 Å². The molecule has 0 heterocycles. The van der Waals surface area contributed by atoms with Gasteiger partial charge in [-0.3, -0.25) is 4.79 Å². The van der Waals surface area contributed by atoms with Crippen molar-refractivity contribution in [2.24, 2.45) is 0 Å². The Morgan fingerprint density at radius 2 is 1.08 bits per heavy atom. The second-order valence-electron chi connectivity index (χ2n) is 7.18. The second kappa shape index (κ2) is 23.7. The van der Waals surface area contributed by atoms with Gasteiger partial charge in [-0.05, 0) is 6.42 Å². The van der Waals surface area contributed by atoms with Crippen molar-refractivity contribution >= 4 is 43.7 Å². The average molecular weight is 401 g/mol. The van der Waals surface area contributed by atoms with E-state index >= 15 is 0 Å². The van der Waals surface area contributed by atoms with Gasteiger partial charge in [0, 0.05) is 6.42 Å². The second-order valence-corrected chi connectivity index (χ2v) is 7.18. The molecule has 0 atom stereocenters. The summed E-state index contributed by atoms with van der Waals surface area (Å²) in [5.41, 5.74) is 0. The molecule has 0 spiro atoms. The summed E-state index contributed by atoms with van der Waals surface area (Å²) in [5, 5.41) is 17.7. The first-order chi connectivity index (χ1) is 12.2. The first kappa shape index (κ1) is 28.9. The molecule has 0 aliphatic carbocycles. The molecule has 0 rings (SSSR count). The third-order valence-corrected chi connectivity index (χ3v) is 4.69. The molecule has 0 fully saturated rings. The Balaban J connectivity index is -0.000000960. The van der Waals surface area contributed by atoms with Crippen molar-refractivity contribution in [3.8, 4) is 0 Å². The topological polar surface area (TPSA) is 66.8 Å². The molecule has 0 bridgehead atoms. The van der Waals surface area contributed by atoms with Crippen LogP contribution in [0.25, 0.3) is 0 Å². The van der Waals surface area contributed by atoms with Gasteiger partial charge < -0.3 is 17.8 Å². The first-order valence-corrected chi connectivity index (χ1v) is 10.7. The maximum atomic E-state index is 11.5. The predicted octanol–water partition coefficient (Wildman–Crippen LogP) is 4.99. The van der Waals surface area contributed by atoms with Crippen molar-refractivity contribution in [2.75, 3.05) is 13.2 Å². The van der Waals surface area contributed by atoms with E-state index in [0.717, 1.165) is 12.8 Å². The number of ether oxygens (including phenoxy) is 1. The van der Waals surface area contributed by atoms with Crippen molar-refractivity contribution in [1.29, 1.82) is 0 Å². The SMILES string of the molecule is CCCCCCCCCCCCCCCCCC(=O)OC(CO)CO.[Ca+2].[H-].[H-]. The van der Waals surface area contributed by atoms with Crippen molar-refractivity contribution in [3.05, 3.63) is 0 Å². The van der Waals surface area contributed by atoms with E-state index in [9.17, 15) is 4.79 Å². The molecule has 2 N–H and O–H groups in total. The van der Waals surface area contributed by atoms with Crippen molar-refractivity contribution in [3.63, 3.8) is 0 Å². The van der Waals surface area contributed by atoms with E-state index < -0.39 is 6.10 Å². The van der Waals surface area contributed by atoms with E-state index in [1.54, 1.807) is 0 Å². The molecule has 0 aromatic rings. The fraction of sp³-hybridized carbons (Fsp3) is 0.952. The number of unbranched alkanes of at least 4 members (excludes halogenated alkanes) is 14. The molecule has 26 heavy (non-hydrogen) atoms. The molecule has 0 aliphatic rings. The van der Waals surface area contributed by atoms with E-state index in [1.165, 1.54) is 83.5 Å². The molecule has 4 nitrogen and oxygen atoms in total. The fourth-order valence-electron chi connectivity index (χ4n) is 3.02. The molecule has 0 aromatic carbocycles. The average Bonchev–Trinajstić information content (AvgIpc) is 2.62. The number of carbonyl (C=O) groups is 1. The smallest absolute Gasteiger partial charge is 1.00 e. The molecule has 5 heteroatoms. The van der Waals surface area contributed by atoms with Crippen LogP contribution >= 0.6 is 0 Å². The first-order valence-electron chi connectivity index (χ1n) is 10.7. The van der Waals surface area contributed by atoms with E-state index in [-0.39, 0.29) is 59.8 Å². The van der Waals surface area contributed by atoms with Gasteiger partial charge in [0.1, 0.15) is 6.10 Å². The maximum Gasteiger partial charge on any atom is 2.00 e. The Hall–Kier alpha value is 0.650. The molecule has 0 unspecified atom stereocenters. The zero-order valence-electron chi connectivity index (χ0n) is 19.2. The number of esters is 1. The number of carbonyl (C=O) groups excluding carboxylic acids is 1. The minimum absolute atomic E-state index is 0. The minimum atomic E-state index is -0.760. The third-order valence-electron chi connectivity index (χ3n) is 4.69. The normalized spacial score (nSPS) is 10.8.